The highest BCUT2D eigenvalue weighted by Gasteiger charge is 2.06. The number of hydrogen-bond donors (Lipinski definition) is 1. The van der Waals surface area contributed by atoms with Gasteiger partial charge in [-0.2, -0.15) is 4.98 Å². The highest BCUT2D eigenvalue weighted by Crippen LogP contribution is 2.23. The highest BCUT2D eigenvalue weighted by atomic mass is 16.5. The molecule has 1 heterocycles. The van der Waals surface area contributed by atoms with E-state index in [4.69, 9.17) is 10.5 Å². The minimum absolute atomic E-state index is 0.535. The van der Waals surface area contributed by atoms with E-state index in [-0.39, 0.29) is 0 Å². The van der Waals surface area contributed by atoms with Crippen LogP contribution < -0.4 is 15.4 Å². The van der Waals surface area contributed by atoms with Crippen LogP contribution >= 0.6 is 0 Å². The fourth-order valence-corrected chi connectivity index (χ4v) is 1.73. The van der Waals surface area contributed by atoms with E-state index in [1.807, 2.05) is 48.3 Å². The van der Waals surface area contributed by atoms with Gasteiger partial charge in [0.2, 0.25) is 5.88 Å². The maximum atomic E-state index is 5.65. The molecule has 1 aromatic carbocycles. The van der Waals surface area contributed by atoms with Crippen molar-refractivity contribution in [2.75, 3.05) is 19.1 Å². The Balaban J connectivity index is 2.31. The summed E-state index contributed by atoms with van der Waals surface area (Å²) in [7, 11) is 3.58. The van der Waals surface area contributed by atoms with Gasteiger partial charge in [-0.15, -0.1) is 0 Å². The van der Waals surface area contributed by atoms with Crippen LogP contribution in [0.25, 0.3) is 0 Å². The Kier molecular flexibility index (Phi) is 3.79. The SMILES string of the molecule is COc1cccc(N(C)c2cccc(CN)c2)n1. The van der Waals surface area contributed by atoms with Gasteiger partial charge in [0.25, 0.3) is 0 Å². The zero-order valence-electron chi connectivity index (χ0n) is 10.6. The molecular weight excluding hydrogens is 226 g/mol. The van der Waals surface area contributed by atoms with Crippen molar-refractivity contribution < 1.29 is 4.74 Å². The number of nitrogens with two attached hydrogens (primary N) is 1. The van der Waals surface area contributed by atoms with Gasteiger partial charge in [-0.25, -0.2) is 0 Å². The van der Waals surface area contributed by atoms with E-state index in [1.54, 1.807) is 7.11 Å². The predicted octanol–water partition coefficient (Wildman–Crippen LogP) is 2.32. The molecule has 2 rings (SSSR count). The van der Waals surface area contributed by atoms with Crippen molar-refractivity contribution in [3.05, 3.63) is 48.0 Å². The number of rotatable bonds is 4. The van der Waals surface area contributed by atoms with E-state index in [0.717, 1.165) is 17.1 Å². The van der Waals surface area contributed by atoms with E-state index >= 15 is 0 Å². The Labute approximate surface area is 107 Å². The molecule has 0 atom stereocenters. The van der Waals surface area contributed by atoms with Crippen LogP contribution in [0.15, 0.2) is 42.5 Å². The van der Waals surface area contributed by atoms with Crippen molar-refractivity contribution >= 4 is 11.5 Å². The molecule has 4 heteroatoms. The molecule has 0 fully saturated rings. The topological polar surface area (TPSA) is 51.4 Å². The Morgan fingerprint density at radius 1 is 1.22 bits per heavy atom. The average Bonchev–Trinajstić information content (AvgIpc) is 2.46. The summed E-state index contributed by atoms with van der Waals surface area (Å²) in [4.78, 5) is 6.40. The molecule has 0 aliphatic heterocycles. The van der Waals surface area contributed by atoms with Crippen molar-refractivity contribution in [2.45, 2.75) is 6.54 Å². The van der Waals surface area contributed by atoms with Gasteiger partial charge in [0.15, 0.2) is 0 Å². The van der Waals surface area contributed by atoms with Gasteiger partial charge < -0.3 is 15.4 Å². The maximum absolute atomic E-state index is 5.65. The largest absolute Gasteiger partial charge is 0.481 e. The summed E-state index contributed by atoms with van der Waals surface area (Å²) in [5.41, 5.74) is 7.80. The number of methoxy groups -OCH3 is 1. The second-order valence-electron chi connectivity index (χ2n) is 3.97. The molecule has 0 bridgehead atoms. The summed E-state index contributed by atoms with van der Waals surface area (Å²) in [6, 6.07) is 13.8. The summed E-state index contributed by atoms with van der Waals surface area (Å²) < 4.78 is 5.13. The number of benzene rings is 1. The second-order valence-corrected chi connectivity index (χ2v) is 3.97. The van der Waals surface area contributed by atoms with Gasteiger partial charge in [0.05, 0.1) is 7.11 Å². The lowest BCUT2D eigenvalue weighted by atomic mass is 10.2. The average molecular weight is 243 g/mol. The van der Waals surface area contributed by atoms with E-state index in [0.29, 0.717) is 12.4 Å². The molecule has 2 aromatic rings. The van der Waals surface area contributed by atoms with Gasteiger partial charge in [-0.3, -0.25) is 0 Å². The third-order valence-electron chi connectivity index (χ3n) is 2.80. The third kappa shape index (κ3) is 2.60. The van der Waals surface area contributed by atoms with Crippen molar-refractivity contribution in [3.8, 4) is 5.88 Å². The maximum Gasteiger partial charge on any atom is 0.214 e. The van der Waals surface area contributed by atoms with Crippen molar-refractivity contribution in [2.24, 2.45) is 5.73 Å². The number of anilines is 2. The van der Waals surface area contributed by atoms with Gasteiger partial charge >= 0.3 is 0 Å². The molecule has 2 N–H and O–H groups in total. The fourth-order valence-electron chi connectivity index (χ4n) is 1.73. The molecule has 94 valence electrons. The first-order chi connectivity index (χ1) is 8.74. The number of hydrogen-bond acceptors (Lipinski definition) is 4. The zero-order chi connectivity index (χ0) is 13.0. The number of aromatic nitrogens is 1. The minimum atomic E-state index is 0.535. The van der Waals surface area contributed by atoms with E-state index in [9.17, 15) is 0 Å². The molecule has 1 aromatic heterocycles. The molecule has 0 saturated heterocycles. The first-order valence-electron chi connectivity index (χ1n) is 5.78. The Bertz CT molecular complexity index is 480. The molecule has 0 aliphatic carbocycles. The Morgan fingerprint density at radius 3 is 2.72 bits per heavy atom. The van der Waals surface area contributed by atoms with Crippen molar-refractivity contribution in [3.63, 3.8) is 0 Å². The number of nitrogens with zero attached hydrogens (tertiary/aromatic N) is 2. The van der Waals surface area contributed by atoms with Crippen LogP contribution in [0.3, 0.4) is 0 Å². The molecule has 0 spiro atoms. The molecule has 0 radical (unpaired) electrons. The first-order valence-corrected chi connectivity index (χ1v) is 5.78. The van der Waals surface area contributed by atoms with Crippen LogP contribution in [0.2, 0.25) is 0 Å². The monoisotopic (exact) mass is 243 g/mol. The smallest absolute Gasteiger partial charge is 0.214 e. The van der Waals surface area contributed by atoms with Gasteiger partial charge in [-0.1, -0.05) is 18.2 Å². The van der Waals surface area contributed by atoms with Gasteiger partial charge in [-0.05, 0) is 23.8 Å². The lowest BCUT2D eigenvalue weighted by Gasteiger charge is -2.19. The molecule has 18 heavy (non-hydrogen) atoms. The van der Waals surface area contributed by atoms with Crippen LogP contribution in [-0.2, 0) is 6.54 Å². The highest BCUT2D eigenvalue weighted by molar-refractivity contribution is 5.60. The Morgan fingerprint density at radius 2 is 2.00 bits per heavy atom. The van der Waals surface area contributed by atoms with E-state index in [1.165, 1.54) is 0 Å². The summed E-state index contributed by atoms with van der Waals surface area (Å²) in [6.07, 6.45) is 0. The number of ether oxygens (including phenoxy) is 1. The summed E-state index contributed by atoms with van der Waals surface area (Å²) in [5.74, 6) is 1.44. The van der Waals surface area contributed by atoms with Crippen LogP contribution in [0.4, 0.5) is 11.5 Å². The van der Waals surface area contributed by atoms with Crippen LogP contribution in [-0.4, -0.2) is 19.1 Å². The van der Waals surface area contributed by atoms with Crippen molar-refractivity contribution in [1.29, 1.82) is 0 Å². The molecule has 0 amide bonds. The summed E-state index contributed by atoms with van der Waals surface area (Å²) >= 11 is 0. The van der Waals surface area contributed by atoms with E-state index in [2.05, 4.69) is 11.1 Å². The minimum Gasteiger partial charge on any atom is -0.481 e. The first kappa shape index (κ1) is 12.4. The number of pyridine rings is 1. The lowest BCUT2D eigenvalue weighted by Crippen LogP contribution is -2.12. The van der Waals surface area contributed by atoms with Gasteiger partial charge in [0, 0.05) is 25.3 Å². The predicted molar refractivity (Wildman–Crippen MR) is 73.2 cm³/mol. The third-order valence-corrected chi connectivity index (χ3v) is 2.80. The normalized spacial score (nSPS) is 10.2. The standard InChI is InChI=1S/C14H17N3O/c1-17(12-6-3-5-11(9-12)10-15)13-7-4-8-14(16-13)18-2/h3-9H,10,15H2,1-2H3. The zero-order valence-corrected chi connectivity index (χ0v) is 10.6. The quantitative estimate of drug-likeness (QED) is 0.895. The van der Waals surface area contributed by atoms with E-state index < -0.39 is 0 Å². The Hall–Kier alpha value is -2.07. The molecule has 0 unspecified atom stereocenters. The summed E-state index contributed by atoms with van der Waals surface area (Å²) in [5, 5.41) is 0. The van der Waals surface area contributed by atoms with Gasteiger partial charge in [0.1, 0.15) is 5.82 Å². The molecular formula is C14H17N3O. The van der Waals surface area contributed by atoms with Crippen molar-refractivity contribution in [1.82, 2.24) is 4.98 Å². The van der Waals surface area contributed by atoms with Crippen LogP contribution in [0.1, 0.15) is 5.56 Å². The second kappa shape index (κ2) is 5.51. The van der Waals surface area contributed by atoms with Crippen LogP contribution in [0, 0.1) is 0 Å². The lowest BCUT2D eigenvalue weighted by molar-refractivity contribution is 0.398. The fraction of sp³-hybridized carbons (Fsp3) is 0.214. The molecule has 0 saturated carbocycles. The molecule has 0 aliphatic rings. The summed E-state index contributed by atoms with van der Waals surface area (Å²) in [6.45, 7) is 0.535. The van der Waals surface area contributed by atoms with Crippen LogP contribution in [0.5, 0.6) is 5.88 Å². The molecule has 4 nitrogen and oxygen atoms in total.